The third kappa shape index (κ3) is 2.13. The van der Waals surface area contributed by atoms with E-state index in [1.54, 1.807) is 0 Å². The summed E-state index contributed by atoms with van der Waals surface area (Å²) in [5.41, 5.74) is 5.38. The summed E-state index contributed by atoms with van der Waals surface area (Å²) in [5.74, 6) is 0. The summed E-state index contributed by atoms with van der Waals surface area (Å²) in [7, 11) is 0. The maximum atomic E-state index is 9.00. The highest BCUT2D eigenvalue weighted by Crippen LogP contribution is 2.30. The van der Waals surface area contributed by atoms with E-state index in [0.717, 1.165) is 11.3 Å². The van der Waals surface area contributed by atoms with E-state index < -0.39 is 0 Å². The first-order chi connectivity index (χ1) is 9.28. The number of nitrogens with one attached hydrogen (secondary N) is 1. The first-order valence-corrected chi connectivity index (χ1v) is 6.35. The molecule has 0 saturated heterocycles. The highest BCUT2D eigenvalue weighted by Gasteiger charge is 2.21. The van der Waals surface area contributed by atoms with E-state index in [1.165, 1.54) is 11.0 Å². The molecule has 2 nitrogen and oxygen atoms in total. The molecule has 0 radical (unpaired) electrons. The van der Waals surface area contributed by atoms with Gasteiger partial charge in [0.05, 0.1) is 11.6 Å². The second kappa shape index (κ2) is 4.66. The number of fused-ring (bicyclic) bond motifs is 1. The summed E-state index contributed by atoms with van der Waals surface area (Å²) in [6.07, 6.45) is 2.20. The summed E-state index contributed by atoms with van der Waals surface area (Å²) in [6, 6.07) is 18.2. The number of rotatable bonds is 1. The van der Waals surface area contributed by atoms with Gasteiger partial charge in [-0.1, -0.05) is 43.2 Å². The van der Waals surface area contributed by atoms with Crippen LogP contribution in [0.25, 0.3) is 11.5 Å². The van der Waals surface area contributed by atoms with Crippen molar-refractivity contribution in [1.29, 1.82) is 5.26 Å². The van der Waals surface area contributed by atoms with Crippen LogP contribution >= 0.6 is 0 Å². The number of anilines is 1. The largest absolute Gasteiger partial charge is 0.424 e. The van der Waals surface area contributed by atoms with Gasteiger partial charge in [-0.15, -0.1) is 0 Å². The van der Waals surface area contributed by atoms with Crippen LogP contribution < -0.4 is 5.23 Å². The molecule has 1 aliphatic heterocycles. The Hall–Kier alpha value is -2.47. The molecule has 0 unspecified atom stereocenters. The van der Waals surface area contributed by atoms with Crippen molar-refractivity contribution < 1.29 is 0 Å². The Morgan fingerprint density at radius 2 is 1.95 bits per heavy atom. The number of nitriles is 1. The van der Waals surface area contributed by atoms with Crippen LogP contribution in [0.4, 0.5) is 5.69 Å². The Kier molecular flexibility index (Phi) is 2.85. The molecule has 0 bridgehead atoms. The van der Waals surface area contributed by atoms with Gasteiger partial charge in [-0.25, -0.2) is 0 Å². The maximum absolute atomic E-state index is 9.00. The number of hydrogen-bond donors (Lipinski definition) is 1. The smallest absolute Gasteiger partial charge is 0.283 e. The third-order valence-corrected chi connectivity index (χ3v) is 3.44. The van der Waals surface area contributed by atoms with Gasteiger partial charge in [0.1, 0.15) is 0 Å². The van der Waals surface area contributed by atoms with Crippen molar-refractivity contribution in [2.24, 2.45) is 0 Å². The summed E-state index contributed by atoms with van der Waals surface area (Å²) in [5, 5.41) is 12.5. The molecule has 0 aliphatic carbocycles. The topological polar surface area (TPSA) is 35.8 Å². The number of para-hydroxylation sites is 1. The molecule has 90 valence electrons. The zero-order valence-electron chi connectivity index (χ0n) is 10.7. The van der Waals surface area contributed by atoms with Gasteiger partial charge < -0.3 is 5.23 Å². The highest BCUT2D eigenvalue weighted by molar-refractivity contribution is 6.82. The fourth-order valence-electron chi connectivity index (χ4n) is 2.46. The minimum atomic E-state index is 0.240. The molecule has 0 amide bonds. The zero-order chi connectivity index (χ0) is 13.2. The normalized spacial score (nSPS) is 13.1. The van der Waals surface area contributed by atoms with E-state index in [0.29, 0.717) is 5.56 Å². The minimum Gasteiger partial charge on any atom is -0.424 e. The molecule has 0 saturated carbocycles. The number of hydrogen-bond acceptors (Lipinski definition) is 2. The molecular weight excluding hydrogens is 231 g/mol. The van der Waals surface area contributed by atoms with E-state index in [9.17, 15) is 0 Å². The van der Waals surface area contributed by atoms with E-state index in [2.05, 4.69) is 42.4 Å². The first-order valence-electron chi connectivity index (χ1n) is 6.35. The van der Waals surface area contributed by atoms with Crippen LogP contribution in [0.1, 0.15) is 16.7 Å². The molecule has 2 aromatic carbocycles. The van der Waals surface area contributed by atoms with Gasteiger partial charge in [-0.3, -0.25) is 0 Å². The lowest BCUT2D eigenvalue weighted by atomic mass is 9.53. The maximum Gasteiger partial charge on any atom is 0.283 e. The highest BCUT2D eigenvalue weighted by atomic mass is 14.8. The predicted octanol–water partition coefficient (Wildman–Crippen LogP) is 3.68. The Bertz CT molecular complexity index is 698. The average Bonchev–Trinajstić information content (AvgIpc) is 2.46. The molecular formula is C16H13BN2. The lowest BCUT2D eigenvalue weighted by Gasteiger charge is -2.23. The van der Waals surface area contributed by atoms with Crippen molar-refractivity contribution in [3.63, 3.8) is 0 Å². The molecule has 19 heavy (non-hydrogen) atoms. The van der Waals surface area contributed by atoms with Gasteiger partial charge >= 0.3 is 0 Å². The summed E-state index contributed by atoms with van der Waals surface area (Å²) >= 11 is 0. The van der Waals surface area contributed by atoms with Crippen molar-refractivity contribution >= 4 is 24.1 Å². The van der Waals surface area contributed by atoms with E-state index in [4.69, 9.17) is 5.26 Å². The monoisotopic (exact) mass is 244 g/mol. The van der Waals surface area contributed by atoms with E-state index >= 15 is 0 Å². The number of benzene rings is 2. The van der Waals surface area contributed by atoms with E-state index in [-0.39, 0.29) is 6.85 Å². The van der Waals surface area contributed by atoms with Crippen LogP contribution in [0.3, 0.4) is 0 Å². The van der Waals surface area contributed by atoms with Gasteiger partial charge in [0.25, 0.3) is 6.85 Å². The van der Waals surface area contributed by atoms with Crippen LogP contribution in [-0.2, 0) is 0 Å². The van der Waals surface area contributed by atoms with Crippen LogP contribution in [0, 0.1) is 11.3 Å². The minimum absolute atomic E-state index is 0.240. The van der Waals surface area contributed by atoms with Crippen molar-refractivity contribution in [1.82, 2.24) is 0 Å². The van der Waals surface area contributed by atoms with Crippen molar-refractivity contribution in [2.45, 2.75) is 6.82 Å². The van der Waals surface area contributed by atoms with Gasteiger partial charge in [0.15, 0.2) is 0 Å². The Balaban J connectivity index is 2.10. The van der Waals surface area contributed by atoms with Crippen molar-refractivity contribution in [3.8, 4) is 6.07 Å². The molecule has 3 heteroatoms. The quantitative estimate of drug-likeness (QED) is 0.776. The SMILES string of the molecule is CB1Nc2ccccc2C=C1c1cccc(C#N)c1. The lowest BCUT2D eigenvalue weighted by Crippen LogP contribution is -2.26. The second-order valence-electron chi connectivity index (χ2n) is 4.75. The van der Waals surface area contributed by atoms with Crippen LogP contribution in [0.15, 0.2) is 48.5 Å². The fraction of sp³-hybridized carbons (Fsp3) is 0.0625. The summed E-state index contributed by atoms with van der Waals surface area (Å²) in [6.45, 7) is 2.38. The van der Waals surface area contributed by atoms with Crippen LogP contribution in [0.2, 0.25) is 6.82 Å². The lowest BCUT2D eigenvalue weighted by molar-refractivity contribution is 1.47. The average molecular weight is 244 g/mol. The Morgan fingerprint density at radius 3 is 2.79 bits per heavy atom. The second-order valence-corrected chi connectivity index (χ2v) is 4.75. The van der Waals surface area contributed by atoms with Crippen molar-refractivity contribution in [2.75, 3.05) is 5.23 Å². The number of nitrogens with zero attached hydrogens (tertiary/aromatic N) is 1. The zero-order valence-corrected chi connectivity index (χ0v) is 10.7. The predicted molar refractivity (Wildman–Crippen MR) is 80.7 cm³/mol. The summed E-state index contributed by atoms with van der Waals surface area (Å²) in [4.78, 5) is 0. The van der Waals surface area contributed by atoms with Crippen LogP contribution in [-0.4, -0.2) is 6.85 Å². The van der Waals surface area contributed by atoms with Gasteiger partial charge in [0.2, 0.25) is 0 Å². The van der Waals surface area contributed by atoms with Crippen LogP contribution in [0.5, 0.6) is 0 Å². The van der Waals surface area contributed by atoms with Gasteiger partial charge in [0, 0.05) is 5.69 Å². The fourth-order valence-corrected chi connectivity index (χ4v) is 2.46. The van der Waals surface area contributed by atoms with E-state index in [1.807, 2.05) is 30.3 Å². The molecule has 1 aliphatic rings. The molecule has 1 N–H and O–H groups in total. The van der Waals surface area contributed by atoms with Gasteiger partial charge in [-0.05, 0) is 34.8 Å². The van der Waals surface area contributed by atoms with Gasteiger partial charge in [-0.2, -0.15) is 5.26 Å². The Labute approximate surface area is 113 Å². The summed E-state index contributed by atoms with van der Waals surface area (Å²) < 4.78 is 0. The Morgan fingerprint density at radius 1 is 1.11 bits per heavy atom. The standard InChI is InChI=1S/C16H13BN2/c1-17-15(13-7-4-5-12(9-13)11-18)10-14-6-2-3-8-16(14)19-17/h2-10,19H,1H3. The molecule has 3 rings (SSSR count). The molecule has 0 aromatic heterocycles. The molecule has 1 heterocycles. The molecule has 2 aromatic rings. The third-order valence-electron chi connectivity index (χ3n) is 3.44. The first kappa shape index (κ1) is 11.6. The molecule has 0 fully saturated rings. The molecule has 0 atom stereocenters. The van der Waals surface area contributed by atoms with Crippen molar-refractivity contribution in [3.05, 3.63) is 65.2 Å². The molecule has 0 spiro atoms.